The summed E-state index contributed by atoms with van der Waals surface area (Å²) in [4.78, 5) is 18.7. The fraction of sp³-hybridized carbons (Fsp3) is 0.571. The third-order valence-electron chi connectivity index (χ3n) is 3.66. The first-order valence-corrected chi connectivity index (χ1v) is 7.00. The SMILES string of the molecule is CCCC1CCCCN1C(=O)c1cc(NN)ccn1. The maximum atomic E-state index is 12.5. The monoisotopic (exact) mass is 262 g/mol. The second kappa shape index (κ2) is 6.52. The highest BCUT2D eigenvalue weighted by atomic mass is 16.2. The van der Waals surface area contributed by atoms with Crippen LogP contribution in [0.4, 0.5) is 5.69 Å². The van der Waals surface area contributed by atoms with Crippen molar-refractivity contribution in [2.24, 2.45) is 5.84 Å². The van der Waals surface area contributed by atoms with Crippen molar-refractivity contribution in [2.45, 2.75) is 45.1 Å². The van der Waals surface area contributed by atoms with Crippen LogP contribution in [0, 0.1) is 0 Å². The molecule has 3 N–H and O–H groups in total. The third kappa shape index (κ3) is 3.23. The Morgan fingerprint density at radius 1 is 1.58 bits per heavy atom. The number of rotatable bonds is 4. The van der Waals surface area contributed by atoms with Gasteiger partial charge in [-0.2, -0.15) is 0 Å². The number of piperidine rings is 1. The number of hydrogen-bond donors (Lipinski definition) is 2. The van der Waals surface area contributed by atoms with E-state index in [0.717, 1.165) is 32.2 Å². The lowest BCUT2D eigenvalue weighted by Crippen LogP contribution is -2.44. The summed E-state index contributed by atoms with van der Waals surface area (Å²) in [5.41, 5.74) is 3.73. The van der Waals surface area contributed by atoms with Gasteiger partial charge in [-0.15, -0.1) is 0 Å². The second-order valence-corrected chi connectivity index (χ2v) is 5.01. The fourth-order valence-corrected chi connectivity index (χ4v) is 2.69. The highest BCUT2D eigenvalue weighted by Gasteiger charge is 2.27. The van der Waals surface area contributed by atoms with E-state index in [4.69, 9.17) is 5.84 Å². The van der Waals surface area contributed by atoms with Gasteiger partial charge in [0, 0.05) is 18.8 Å². The number of carbonyl (C=O) groups excluding carboxylic acids is 1. The van der Waals surface area contributed by atoms with Gasteiger partial charge in [0.25, 0.3) is 5.91 Å². The number of hydrogen-bond acceptors (Lipinski definition) is 4. The minimum absolute atomic E-state index is 0.0234. The molecule has 1 aromatic heterocycles. The van der Waals surface area contributed by atoms with Crippen molar-refractivity contribution in [3.8, 4) is 0 Å². The summed E-state index contributed by atoms with van der Waals surface area (Å²) in [7, 11) is 0. The predicted molar refractivity (Wildman–Crippen MR) is 75.6 cm³/mol. The normalized spacial score (nSPS) is 19.3. The largest absolute Gasteiger partial charge is 0.334 e. The van der Waals surface area contributed by atoms with Gasteiger partial charge in [0.1, 0.15) is 5.69 Å². The summed E-state index contributed by atoms with van der Waals surface area (Å²) < 4.78 is 0. The molecule has 19 heavy (non-hydrogen) atoms. The van der Waals surface area contributed by atoms with Crippen LogP contribution in [-0.2, 0) is 0 Å². The van der Waals surface area contributed by atoms with Crippen molar-refractivity contribution >= 4 is 11.6 Å². The number of nitrogen functional groups attached to an aromatic ring is 1. The first kappa shape index (κ1) is 13.8. The molecule has 0 aromatic carbocycles. The number of nitrogens with one attached hydrogen (secondary N) is 1. The average molecular weight is 262 g/mol. The molecule has 0 spiro atoms. The van der Waals surface area contributed by atoms with Crippen LogP contribution in [0.15, 0.2) is 18.3 Å². The highest BCUT2D eigenvalue weighted by molar-refractivity contribution is 5.93. The van der Waals surface area contributed by atoms with Crippen LogP contribution in [0.1, 0.15) is 49.5 Å². The summed E-state index contributed by atoms with van der Waals surface area (Å²) in [6.45, 7) is 3.00. The van der Waals surface area contributed by atoms with Crippen molar-refractivity contribution in [1.82, 2.24) is 9.88 Å². The summed E-state index contributed by atoms with van der Waals surface area (Å²) in [5.74, 6) is 5.39. The van der Waals surface area contributed by atoms with Crippen LogP contribution in [-0.4, -0.2) is 28.4 Å². The molecule has 1 aliphatic rings. The van der Waals surface area contributed by atoms with Gasteiger partial charge in [-0.1, -0.05) is 13.3 Å². The number of hydrazine groups is 1. The standard InChI is InChI=1S/C14H22N4O/c1-2-5-12-6-3-4-9-18(12)14(19)13-10-11(17-15)7-8-16-13/h7-8,10,12H,2-6,9,15H2,1H3,(H,16,17). The van der Waals surface area contributed by atoms with E-state index in [-0.39, 0.29) is 5.91 Å². The lowest BCUT2D eigenvalue weighted by Gasteiger charge is -2.35. The van der Waals surface area contributed by atoms with E-state index in [1.807, 2.05) is 4.90 Å². The average Bonchev–Trinajstić information content (AvgIpc) is 2.47. The smallest absolute Gasteiger partial charge is 0.272 e. The molecule has 1 aromatic rings. The summed E-state index contributed by atoms with van der Waals surface area (Å²) >= 11 is 0. The molecule has 1 fully saturated rings. The number of nitrogens with two attached hydrogens (primary N) is 1. The molecular formula is C14H22N4O. The summed E-state index contributed by atoms with van der Waals surface area (Å²) in [6.07, 6.45) is 7.19. The molecule has 1 amide bonds. The molecule has 2 rings (SSSR count). The van der Waals surface area contributed by atoms with Crippen molar-refractivity contribution in [3.05, 3.63) is 24.0 Å². The lowest BCUT2D eigenvalue weighted by molar-refractivity contribution is 0.0594. The van der Waals surface area contributed by atoms with Crippen molar-refractivity contribution in [1.29, 1.82) is 0 Å². The Kier molecular flexibility index (Phi) is 4.74. The van der Waals surface area contributed by atoms with Crippen LogP contribution in [0.3, 0.4) is 0 Å². The van der Waals surface area contributed by atoms with Gasteiger partial charge in [-0.25, -0.2) is 0 Å². The second-order valence-electron chi connectivity index (χ2n) is 5.01. The number of nitrogens with zero attached hydrogens (tertiary/aromatic N) is 2. The van der Waals surface area contributed by atoms with Gasteiger partial charge < -0.3 is 10.3 Å². The fourth-order valence-electron chi connectivity index (χ4n) is 2.69. The van der Waals surface area contributed by atoms with E-state index in [1.54, 1.807) is 18.3 Å². The van der Waals surface area contributed by atoms with E-state index in [1.165, 1.54) is 6.42 Å². The zero-order chi connectivity index (χ0) is 13.7. The van der Waals surface area contributed by atoms with E-state index in [2.05, 4.69) is 17.3 Å². The van der Waals surface area contributed by atoms with E-state index in [0.29, 0.717) is 17.4 Å². The van der Waals surface area contributed by atoms with E-state index in [9.17, 15) is 4.79 Å². The van der Waals surface area contributed by atoms with Gasteiger partial charge in [0.05, 0.1) is 5.69 Å². The number of amides is 1. The predicted octanol–water partition coefficient (Wildman–Crippen LogP) is 2.16. The molecule has 2 heterocycles. The van der Waals surface area contributed by atoms with E-state index >= 15 is 0 Å². The molecule has 0 radical (unpaired) electrons. The van der Waals surface area contributed by atoms with Gasteiger partial charge >= 0.3 is 0 Å². The Morgan fingerprint density at radius 3 is 3.16 bits per heavy atom. The Labute approximate surface area is 114 Å². The molecule has 5 heteroatoms. The van der Waals surface area contributed by atoms with Gasteiger partial charge in [-0.05, 0) is 37.8 Å². The maximum absolute atomic E-state index is 12.5. The molecule has 1 unspecified atom stereocenters. The van der Waals surface area contributed by atoms with Gasteiger partial charge in [0.2, 0.25) is 0 Å². The van der Waals surface area contributed by atoms with Crippen LogP contribution in [0.25, 0.3) is 0 Å². The molecule has 0 saturated carbocycles. The number of aromatic nitrogens is 1. The molecule has 0 bridgehead atoms. The van der Waals surface area contributed by atoms with Crippen LogP contribution >= 0.6 is 0 Å². The van der Waals surface area contributed by atoms with Crippen molar-refractivity contribution in [3.63, 3.8) is 0 Å². The molecule has 1 saturated heterocycles. The number of anilines is 1. The van der Waals surface area contributed by atoms with Gasteiger partial charge in [0.15, 0.2) is 0 Å². The molecular weight excluding hydrogens is 240 g/mol. The van der Waals surface area contributed by atoms with Crippen molar-refractivity contribution < 1.29 is 4.79 Å². The maximum Gasteiger partial charge on any atom is 0.272 e. The quantitative estimate of drug-likeness (QED) is 0.644. The van der Waals surface area contributed by atoms with Crippen molar-refractivity contribution in [2.75, 3.05) is 12.0 Å². The van der Waals surface area contributed by atoms with Crippen LogP contribution in [0.2, 0.25) is 0 Å². The molecule has 5 nitrogen and oxygen atoms in total. The molecule has 1 atom stereocenters. The first-order valence-electron chi connectivity index (χ1n) is 7.00. The number of carbonyl (C=O) groups is 1. The minimum Gasteiger partial charge on any atom is -0.334 e. The first-order chi connectivity index (χ1) is 9.26. The van der Waals surface area contributed by atoms with Gasteiger partial charge in [-0.3, -0.25) is 15.6 Å². The minimum atomic E-state index is 0.0234. The Hall–Kier alpha value is -1.62. The van der Waals surface area contributed by atoms with Crippen LogP contribution < -0.4 is 11.3 Å². The molecule has 0 aliphatic carbocycles. The highest BCUT2D eigenvalue weighted by Crippen LogP contribution is 2.23. The Bertz CT molecular complexity index is 433. The van der Waals surface area contributed by atoms with E-state index < -0.39 is 0 Å². The molecule has 1 aliphatic heterocycles. The lowest BCUT2D eigenvalue weighted by atomic mass is 9.98. The van der Waals surface area contributed by atoms with Crippen LogP contribution in [0.5, 0.6) is 0 Å². The zero-order valence-electron chi connectivity index (χ0n) is 11.4. The number of pyridine rings is 1. The Balaban J connectivity index is 2.16. The zero-order valence-corrected chi connectivity index (χ0v) is 11.4. The third-order valence-corrected chi connectivity index (χ3v) is 3.66. The molecule has 104 valence electrons. The summed E-state index contributed by atoms with van der Waals surface area (Å²) in [5, 5.41) is 0. The number of likely N-dealkylation sites (tertiary alicyclic amines) is 1. The topological polar surface area (TPSA) is 71.2 Å². The summed E-state index contributed by atoms with van der Waals surface area (Å²) in [6, 6.07) is 3.82. The Morgan fingerprint density at radius 2 is 2.42 bits per heavy atom.